The van der Waals surface area contributed by atoms with E-state index in [2.05, 4.69) is 10.4 Å². The third-order valence-electron chi connectivity index (χ3n) is 4.57. The molecule has 7 nitrogen and oxygen atoms in total. The number of hydrogen-bond acceptors (Lipinski definition) is 4. The molecule has 0 aliphatic carbocycles. The van der Waals surface area contributed by atoms with E-state index in [4.69, 9.17) is 9.47 Å². The van der Waals surface area contributed by atoms with Crippen LogP contribution in [0.25, 0.3) is 11.5 Å². The first-order chi connectivity index (χ1) is 14.6. The topological polar surface area (TPSA) is 70.3 Å². The molecule has 0 spiro atoms. The number of hydrogen-bond donors (Lipinski definition) is 1. The zero-order chi connectivity index (χ0) is 21.1. The van der Waals surface area contributed by atoms with E-state index in [0.717, 1.165) is 0 Å². The number of carbonyl (C=O) groups excluding carboxylic acids is 1. The second-order valence-corrected chi connectivity index (χ2v) is 6.38. The second kappa shape index (κ2) is 8.12. The SMILES string of the molecule is COc1ccc(NC(=O)c2cnn(-c3ccc(F)cc3)c2-n2cccc2)c(OC)c1. The zero-order valence-electron chi connectivity index (χ0n) is 16.4. The lowest BCUT2D eigenvalue weighted by molar-refractivity contribution is 0.102. The van der Waals surface area contributed by atoms with Crippen LogP contribution in [0, 0.1) is 5.82 Å². The predicted octanol–water partition coefficient (Wildman–Crippen LogP) is 4.07. The van der Waals surface area contributed by atoms with Gasteiger partial charge in [-0.1, -0.05) is 0 Å². The van der Waals surface area contributed by atoms with E-state index in [1.807, 2.05) is 24.5 Å². The number of ether oxygens (including phenoxy) is 2. The van der Waals surface area contributed by atoms with Crippen molar-refractivity contribution in [1.82, 2.24) is 14.3 Å². The molecule has 152 valence electrons. The fourth-order valence-electron chi connectivity index (χ4n) is 3.09. The largest absolute Gasteiger partial charge is 0.497 e. The summed E-state index contributed by atoms with van der Waals surface area (Å²) in [5, 5.41) is 7.23. The second-order valence-electron chi connectivity index (χ2n) is 6.38. The fourth-order valence-corrected chi connectivity index (χ4v) is 3.09. The highest BCUT2D eigenvalue weighted by Gasteiger charge is 2.21. The maximum atomic E-state index is 13.4. The number of carbonyl (C=O) groups is 1. The molecule has 8 heteroatoms. The van der Waals surface area contributed by atoms with Crippen molar-refractivity contribution in [3.05, 3.63) is 84.6 Å². The average molecular weight is 406 g/mol. The first-order valence-corrected chi connectivity index (χ1v) is 9.11. The van der Waals surface area contributed by atoms with Crippen LogP contribution in [-0.4, -0.2) is 34.5 Å². The molecule has 1 amide bonds. The molecular weight excluding hydrogens is 387 g/mol. The third kappa shape index (κ3) is 3.62. The molecule has 0 atom stereocenters. The van der Waals surface area contributed by atoms with E-state index >= 15 is 0 Å². The molecule has 4 aromatic rings. The van der Waals surface area contributed by atoms with Gasteiger partial charge in [0.1, 0.15) is 22.9 Å². The van der Waals surface area contributed by atoms with E-state index in [1.165, 1.54) is 25.4 Å². The van der Waals surface area contributed by atoms with Gasteiger partial charge in [-0.2, -0.15) is 5.10 Å². The summed E-state index contributed by atoms with van der Waals surface area (Å²) in [6.45, 7) is 0. The highest BCUT2D eigenvalue weighted by molar-refractivity contribution is 6.07. The summed E-state index contributed by atoms with van der Waals surface area (Å²) in [7, 11) is 3.07. The average Bonchev–Trinajstić information content (AvgIpc) is 3.44. The summed E-state index contributed by atoms with van der Waals surface area (Å²) in [6.07, 6.45) is 5.09. The zero-order valence-corrected chi connectivity index (χ0v) is 16.4. The lowest BCUT2D eigenvalue weighted by Crippen LogP contribution is -2.16. The first kappa shape index (κ1) is 19.3. The number of nitrogens with one attached hydrogen (secondary N) is 1. The third-order valence-corrected chi connectivity index (χ3v) is 4.57. The van der Waals surface area contributed by atoms with Crippen molar-refractivity contribution in [3.8, 4) is 23.0 Å². The minimum atomic E-state index is -0.365. The Labute approximate surface area is 172 Å². The molecule has 0 bridgehead atoms. The molecule has 2 aromatic heterocycles. The van der Waals surface area contributed by atoms with E-state index < -0.39 is 0 Å². The maximum absolute atomic E-state index is 13.4. The van der Waals surface area contributed by atoms with E-state index in [-0.39, 0.29) is 11.7 Å². The van der Waals surface area contributed by atoms with Crippen molar-refractivity contribution in [3.63, 3.8) is 0 Å². The number of amides is 1. The molecule has 30 heavy (non-hydrogen) atoms. The van der Waals surface area contributed by atoms with Gasteiger partial charge in [-0.25, -0.2) is 9.07 Å². The van der Waals surface area contributed by atoms with E-state index in [1.54, 1.807) is 46.7 Å². The summed E-state index contributed by atoms with van der Waals surface area (Å²) in [4.78, 5) is 13.1. The molecule has 2 heterocycles. The lowest BCUT2D eigenvalue weighted by atomic mass is 10.2. The Morgan fingerprint density at radius 2 is 1.77 bits per heavy atom. The van der Waals surface area contributed by atoms with Gasteiger partial charge in [0.25, 0.3) is 5.91 Å². The standard InChI is InChI=1S/C22H19FN4O3/c1-29-17-9-10-19(20(13-17)30-2)25-21(28)18-14-24-27(16-7-5-15(23)6-8-16)22(18)26-11-3-4-12-26/h3-14H,1-2H3,(H,25,28). The van der Waals surface area contributed by atoms with Crippen LogP contribution < -0.4 is 14.8 Å². The number of benzene rings is 2. The van der Waals surface area contributed by atoms with E-state index in [0.29, 0.717) is 34.3 Å². The monoisotopic (exact) mass is 406 g/mol. The summed E-state index contributed by atoms with van der Waals surface area (Å²) >= 11 is 0. The highest BCUT2D eigenvalue weighted by Crippen LogP contribution is 2.30. The van der Waals surface area contributed by atoms with Crippen LogP contribution >= 0.6 is 0 Å². The minimum absolute atomic E-state index is 0.341. The van der Waals surface area contributed by atoms with Gasteiger partial charge in [0, 0.05) is 18.5 Å². The molecular formula is C22H19FN4O3. The van der Waals surface area contributed by atoms with Gasteiger partial charge in [0.05, 0.1) is 31.8 Å². The number of halogens is 1. The Morgan fingerprint density at radius 1 is 1.03 bits per heavy atom. The highest BCUT2D eigenvalue weighted by atomic mass is 19.1. The molecule has 1 N–H and O–H groups in total. The molecule has 0 fully saturated rings. The van der Waals surface area contributed by atoms with Crippen LogP contribution in [0.1, 0.15) is 10.4 Å². The van der Waals surface area contributed by atoms with Crippen molar-refractivity contribution in [2.75, 3.05) is 19.5 Å². The number of anilines is 1. The Kier molecular flexibility index (Phi) is 5.21. The number of nitrogens with zero attached hydrogens (tertiary/aromatic N) is 3. The van der Waals surface area contributed by atoms with Gasteiger partial charge in [-0.15, -0.1) is 0 Å². The van der Waals surface area contributed by atoms with Crippen LogP contribution in [0.15, 0.2) is 73.2 Å². The summed E-state index contributed by atoms with van der Waals surface area (Å²) in [5.41, 5.74) is 1.46. The van der Waals surface area contributed by atoms with Crippen LogP contribution in [0.3, 0.4) is 0 Å². The Hall–Kier alpha value is -4.07. The van der Waals surface area contributed by atoms with Crippen molar-refractivity contribution < 1.29 is 18.7 Å². The van der Waals surface area contributed by atoms with Crippen molar-refractivity contribution in [2.45, 2.75) is 0 Å². The smallest absolute Gasteiger partial charge is 0.261 e. The van der Waals surface area contributed by atoms with Gasteiger partial charge in [-0.05, 0) is 48.5 Å². The van der Waals surface area contributed by atoms with Gasteiger partial charge in [0.2, 0.25) is 0 Å². The van der Waals surface area contributed by atoms with Crippen LogP contribution in [0.2, 0.25) is 0 Å². The quantitative estimate of drug-likeness (QED) is 0.524. The molecule has 0 aliphatic heterocycles. The molecule has 0 unspecified atom stereocenters. The first-order valence-electron chi connectivity index (χ1n) is 9.11. The van der Waals surface area contributed by atoms with Crippen LogP contribution in [0.4, 0.5) is 10.1 Å². The van der Waals surface area contributed by atoms with Crippen molar-refractivity contribution in [2.24, 2.45) is 0 Å². The normalized spacial score (nSPS) is 10.6. The summed E-state index contributed by atoms with van der Waals surface area (Å²) in [6, 6.07) is 14.7. The molecule has 0 aliphatic rings. The van der Waals surface area contributed by atoms with Gasteiger partial charge in [0.15, 0.2) is 5.82 Å². The Bertz CT molecular complexity index is 1170. The molecule has 4 rings (SSSR count). The Balaban J connectivity index is 1.74. The predicted molar refractivity (Wildman–Crippen MR) is 110 cm³/mol. The molecule has 0 saturated carbocycles. The summed E-state index contributed by atoms with van der Waals surface area (Å²) < 4.78 is 27.3. The van der Waals surface area contributed by atoms with Gasteiger partial charge in [-0.3, -0.25) is 4.79 Å². The molecule has 0 radical (unpaired) electrons. The number of methoxy groups -OCH3 is 2. The van der Waals surface area contributed by atoms with Crippen molar-refractivity contribution in [1.29, 1.82) is 0 Å². The Morgan fingerprint density at radius 3 is 2.43 bits per heavy atom. The summed E-state index contributed by atoms with van der Waals surface area (Å²) in [5.74, 6) is 0.892. The lowest BCUT2D eigenvalue weighted by Gasteiger charge is -2.13. The van der Waals surface area contributed by atoms with E-state index in [9.17, 15) is 9.18 Å². The van der Waals surface area contributed by atoms with Gasteiger partial charge < -0.3 is 19.4 Å². The number of aromatic nitrogens is 3. The van der Waals surface area contributed by atoms with Crippen molar-refractivity contribution >= 4 is 11.6 Å². The maximum Gasteiger partial charge on any atom is 0.261 e. The molecule has 0 saturated heterocycles. The van der Waals surface area contributed by atoms with Gasteiger partial charge >= 0.3 is 0 Å². The molecule has 2 aromatic carbocycles. The van der Waals surface area contributed by atoms with Crippen LogP contribution in [-0.2, 0) is 0 Å². The van der Waals surface area contributed by atoms with Crippen LogP contribution in [0.5, 0.6) is 11.5 Å². The fraction of sp³-hybridized carbons (Fsp3) is 0.0909. The minimum Gasteiger partial charge on any atom is -0.497 e. The number of rotatable bonds is 6.